The summed E-state index contributed by atoms with van der Waals surface area (Å²) in [6, 6.07) is 3.75. The Bertz CT molecular complexity index is 963. The monoisotopic (exact) mass is 511 g/mol. The number of hydrogen-bond donors (Lipinski definition) is 2. The van der Waals surface area contributed by atoms with Gasteiger partial charge in [-0.1, -0.05) is 36.2 Å². The molecule has 0 bridgehead atoms. The minimum Gasteiger partial charge on any atom is -0.463 e. The zero-order valence-corrected chi connectivity index (χ0v) is 21.2. The van der Waals surface area contributed by atoms with Crippen LogP contribution in [0.1, 0.15) is 31.9 Å². The Labute approximate surface area is 210 Å². The number of carbonyl (C=O) groups excluding carboxylic acids is 3. The molecule has 186 valence electrons. The first-order chi connectivity index (χ1) is 16.3. The van der Waals surface area contributed by atoms with Crippen LogP contribution in [-0.4, -0.2) is 85.7 Å². The lowest BCUT2D eigenvalue weighted by atomic mass is 9.94. The SMILES string of the molecule is CCCNC(=O)N1CCN(CC2=C(C(=O)OCC)[C@H](c3ccc(Cl)cc3Cl)NC(=O)N2C)CC1. The van der Waals surface area contributed by atoms with E-state index in [9.17, 15) is 14.4 Å². The van der Waals surface area contributed by atoms with Crippen LogP contribution in [0.3, 0.4) is 0 Å². The largest absolute Gasteiger partial charge is 0.463 e. The van der Waals surface area contributed by atoms with Crippen LogP contribution in [0.15, 0.2) is 29.5 Å². The molecule has 4 amide bonds. The number of hydrogen-bond acceptors (Lipinski definition) is 5. The van der Waals surface area contributed by atoms with Gasteiger partial charge in [-0.25, -0.2) is 14.4 Å². The van der Waals surface area contributed by atoms with Gasteiger partial charge in [0.1, 0.15) is 0 Å². The third-order valence-electron chi connectivity index (χ3n) is 5.90. The van der Waals surface area contributed by atoms with Crippen molar-refractivity contribution in [2.75, 3.05) is 52.9 Å². The summed E-state index contributed by atoms with van der Waals surface area (Å²) in [4.78, 5) is 43.5. The Hall–Kier alpha value is -2.49. The van der Waals surface area contributed by atoms with Crippen LogP contribution in [-0.2, 0) is 9.53 Å². The molecule has 1 aromatic carbocycles. The van der Waals surface area contributed by atoms with E-state index in [0.29, 0.717) is 66.1 Å². The van der Waals surface area contributed by atoms with Crippen LogP contribution >= 0.6 is 23.2 Å². The van der Waals surface area contributed by atoms with E-state index in [2.05, 4.69) is 15.5 Å². The van der Waals surface area contributed by atoms with Crippen molar-refractivity contribution in [1.29, 1.82) is 0 Å². The molecule has 34 heavy (non-hydrogen) atoms. The number of ether oxygens (including phenoxy) is 1. The van der Waals surface area contributed by atoms with E-state index in [1.54, 1.807) is 37.1 Å². The third-order valence-corrected chi connectivity index (χ3v) is 6.47. The van der Waals surface area contributed by atoms with E-state index in [1.807, 2.05) is 6.92 Å². The van der Waals surface area contributed by atoms with Gasteiger partial charge in [0, 0.05) is 62.1 Å². The number of esters is 1. The highest BCUT2D eigenvalue weighted by molar-refractivity contribution is 6.35. The van der Waals surface area contributed by atoms with Crippen LogP contribution in [0.4, 0.5) is 9.59 Å². The molecule has 1 fully saturated rings. The lowest BCUT2D eigenvalue weighted by Crippen LogP contribution is -2.54. The lowest BCUT2D eigenvalue weighted by Gasteiger charge is -2.39. The van der Waals surface area contributed by atoms with E-state index in [0.717, 1.165) is 6.42 Å². The summed E-state index contributed by atoms with van der Waals surface area (Å²) in [6.07, 6.45) is 0.879. The number of halogens is 2. The van der Waals surface area contributed by atoms with Crippen molar-refractivity contribution >= 4 is 41.2 Å². The lowest BCUT2D eigenvalue weighted by molar-refractivity contribution is -0.139. The fourth-order valence-corrected chi connectivity index (χ4v) is 4.55. The van der Waals surface area contributed by atoms with Crippen LogP contribution in [0.25, 0.3) is 0 Å². The Kier molecular flexibility index (Phi) is 9.04. The molecular weight excluding hydrogens is 481 g/mol. The minimum atomic E-state index is -0.774. The summed E-state index contributed by atoms with van der Waals surface area (Å²) in [5.74, 6) is -0.516. The predicted molar refractivity (Wildman–Crippen MR) is 131 cm³/mol. The van der Waals surface area contributed by atoms with Gasteiger partial charge in [0.25, 0.3) is 0 Å². The van der Waals surface area contributed by atoms with Crippen molar-refractivity contribution in [3.8, 4) is 0 Å². The van der Waals surface area contributed by atoms with Crippen LogP contribution < -0.4 is 10.6 Å². The van der Waals surface area contributed by atoms with Gasteiger partial charge in [-0.2, -0.15) is 0 Å². The molecule has 1 aromatic rings. The number of piperazine rings is 1. The van der Waals surface area contributed by atoms with Crippen molar-refractivity contribution in [3.63, 3.8) is 0 Å². The molecule has 2 heterocycles. The van der Waals surface area contributed by atoms with Gasteiger partial charge >= 0.3 is 18.0 Å². The number of nitrogens with one attached hydrogen (secondary N) is 2. The van der Waals surface area contributed by atoms with Crippen molar-refractivity contribution < 1.29 is 19.1 Å². The number of carbonyl (C=O) groups is 3. The van der Waals surface area contributed by atoms with E-state index < -0.39 is 12.0 Å². The molecule has 0 unspecified atom stereocenters. The summed E-state index contributed by atoms with van der Waals surface area (Å²) < 4.78 is 5.36. The molecule has 0 aliphatic carbocycles. The van der Waals surface area contributed by atoms with Crippen LogP contribution in [0.2, 0.25) is 10.0 Å². The number of likely N-dealkylation sites (N-methyl/N-ethyl adjacent to an activating group) is 1. The maximum atomic E-state index is 13.1. The summed E-state index contributed by atoms with van der Waals surface area (Å²) >= 11 is 12.5. The first-order valence-corrected chi connectivity index (χ1v) is 12.2. The first-order valence-electron chi connectivity index (χ1n) is 11.4. The van der Waals surface area contributed by atoms with E-state index in [4.69, 9.17) is 27.9 Å². The van der Waals surface area contributed by atoms with Crippen LogP contribution in [0, 0.1) is 0 Å². The van der Waals surface area contributed by atoms with E-state index >= 15 is 0 Å². The zero-order valence-electron chi connectivity index (χ0n) is 19.7. The molecule has 3 rings (SSSR count). The topological polar surface area (TPSA) is 94.2 Å². The van der Waals surface area contributed by atoms with E-state index in [1.165, 1.54) is 4.90 Å². The Morgan fingerprint density at radius 1 is 1.18 bits per heavy atom. The van der Waals surface area contributed by atoms with Crippen molar-refractivity contribution in [3.05, 3.63) is 45.1 Å². The predicted octanol–water partition coefficient (Wildman–Crippen LogP) is 3.24. The normalized spacial score (nSPS) is 19.2. The average molecular weight is 512 g/mol. The third kappa shape index (κ3) is 5.95. The highest BCUT2D eigenvalue weighted by atomic mass is 35.5. The second kappa shape index (κ2) is 11.8. The van der Waals surface area contributed by atoms with Crippen molar-refractivity contribution in [2.45, 2.75) is 26.3 Å². The minimum absolute atomic E-state index is 0.0699. The molecule has 1 saturated heterocycles. The molecule has 9 nitrogen and oxygen atoms in total. The Morgan fingerprint density at radius 2 is 1.88 bits per heavy atom. The fraction of sp³-hybridized carbons (Fsp3) is 0.522. The quantitative estimate of drug-likeness (QED) is 0.548. The number of rotatable bonds is 7. The maximum absolute atomic E-state index is 13.1. The smallest absolute Gasteiger partial charge is 0.338 e. The molecule has 0 spiro atoms. The van der Waals surface area contributed by atoms with Crippen molar-refractivity contribution in [2.24, 2.45) is 0 Å². The number of amides is 4. The van der Waals surface area contributed by atoms with Gasteiger partial charge in [-0.05, 0) is 31.0 Å². The number of nitrogens with zero attached hydrogens (tertiary/aromatic N) is 3. The second-order valence-electron chi connectivity index (χ2n) is 8.18. The van der Waals surface area contributed by atoms with Gasteiger partial charge < -0.3 is 20.3 Å². The van der Waals surface area contributed by atoms with Crippen molar-refractivity contribution in [1.82, 2.24) is 25.3 Å². The van der Waals surface area contributed by atoms with Crippen LogP contribution in [0.5, 0.6) is 0 Å². The van der Waals surface area contributed by atoms with Gasteiger partial charge in [0.2, 0.25) is 0 Å². The molecule has 0 radical (unpaired) electrons. The Morgan fingerprint density at radius 3 is 2.50 bits per heavy atom. The molecule has 1 atom stereocenters. The molecule has 2 aliphatic rings. The second-order valence-corrected chi connectivity index (χ2v) is 9.03. The Balaban J connectivity index is 1.88. The molecule has 0 saturated carbocycles. The van der Waals surface area contributed by atoms with Gasteiger partial charge in [-0.15, -0.1) is 0 Å². The maximum Gasteiger partial charge on any atom is 0.338 e. The molecule has 2 N–H and O–H groups in total. The molecule has 11 heteroatoms. The standard InChI is InChI=1S/C23H31Cl2N5O4/c1-4-8-26-22(32)30-11-9-29(10-12-30)14-18-19(21(31)34-5-2)20(27-23(33)28(18)3)16-7-6-15(24)13-17(16)25/h6-7,13,20H,4-5,8-12,14H2,1-3H3,(H,26,32)(H,27,33)/t20-/m0/s1. The highest BCUT2D eigenvalue weighted by Gasteiger charge is 2.38. The summed E-state index contributed by atoms with van der Waals surface area (Å²) in [5, 5.41) is 6.55. The molecule has 2 aliphatic heterocycles. The van der Waals surface area contributed by atoms with Gasteiger partial charge in [0.05, 0.1) is 18.2 Å². The molecule has 0 aromatic heterocycles. The van der Waals surface area contributed by atoms with Gasteiger partial charge in [0.15, 0.2) is 0 Å². The zero-order chi connectivity index (χ0) is 24.8. The fourth-order valence-electron chi connectivity index (χ4n) is 4.03. The van der Waals surface area contributed by atoms with E-state index in [-0.39, 0.29) is 18.7 Å². The number of urea groups is 2. The summed E-state index contributed by atoms with van der Waals surface area (Å²) in [6.45, 7) is 7.26. The van der Waals surface area contributed by atoms with Gasteiger partial charge in [-0.3, -0.25) is 9.80 Å². The highest BCUT2D eigenvalue weighted by Crippen LogP contribution is 2.36. The number of benzene rings is 1. The molecular formula is C23H31Cl2N5O4. The summed E-state index contributed by atoms with van der Waals surface area (Å²) in [5.41, 5.74) is 1.43. The average Bonchev–Trinajstić information content (AvgIpc) is 2.81. The first kappa shape index (κ1) is 26.1. The summed E-state index contributed by atoms with van der Waals surface area (Å²) in [7, 11) is 1.62.